The van der Waals surface area contributed by atoms with E-state index in [0.29, 0.717) is 0 Å². The maximum atomic E-state index is 11.1. The fourth-order valence-electron chi connectivity index (χ4n) is 1.08. The quantitative estimate of drug-likeness (QED) is 0.470. The molecule has 0 saturated heterocycles. The molecule has 0 unspecified atom stereocenters. The van der Waals surface area contributed by atoms with E-state index < -0.39 is 29.6 Å². The average Bonchev–Trinajstić information content (AvgIpc) is 2.00. The maximum absolute atomic E-state index is 11.1. The number of hydrogen-bond acceptors (Lipinski definition) is 4. The first-order chi connectivity index (χ1) is 6.75. The summed E-state index contributed by atoms with van der Waals surface area (Å²) in [7, 11) is 1.03. The first kappa shape index (κ1) is 12.2. The zero-order valence-electron chi connectivity index (χ0n) is 7.40. The molecule has 0 aliphatic rings. The number of nitrogens with zero attached hydrogens (tertiary/aromatic N) is 1. The molecule has 0 aliphatic carbocycles. The molecular formula is C7H5Cl2NO4S. The fraction of sp³-hybridized carbons (Fsp3) is 0.143. The van der Waals surface area contributed by atoms with E-state index in [1.807, 2.05) is 0 Å². The molecule has 8 heteroatoms. The smallest absolute Gasteiger partial charge is 0.258 e. The van der Waals surface area contributed by atoms with Gasteiger partial charge in [-0.05, 0) is 12.5 Å². The van der Waals surface area contributed by atoms with Gasteiger partial charge in [0.1, 0.15) is 9.92 Å². The molecule has 0 heterocycles. The molecule has 0 fully saturated rings. The topological polar surface area (TPSA) is 77.3 Å². The lowest BCUT2D eigenvalue weighted by Crippen LogP contribution is -1.99. The lowest BCUT2D eigenvalue weighted by molar-refractivity contribution is -0.384. The van der Waals surface area contributed by atoms with Gasteiger partial charge in [-0.3, -0.25) is 10.1 Å². The molecule has 1 aromatic rings. The molecule has 15 heavy (non-hydrogen) atoms. The Balaban J connectivity index is 3.66. The minimum Gasteiger partial charge on any atom is -0.258 e. The second kappa shape index (κ2) is 3.96. The fourth-order valence-corrected chi connectivity index (χ4v) is 3.15. The minimum absolute atomic E-state index is 0.264. The standard InChI is InChI=1S/C7H5Cl2NO4S/c1-4-2-3-5(10(11)12)6(8)7(4)15(9,13)14/h2-3H,1H3. The molecule has 1 rings (SSSR count). The normalized spacial score (nSPS) is 11.4. The van der Waals surface area contributed by atoms with E-state index in [-0.39, 0.29) is 5.56 Å². The Hall–Kier alpha value is -0.850. The van der Waals surface area contributed by atoms with Gasteiger partial charge in [0.15, 0.2) is 0 Å². The summed E-state index contributed by atoms with van der Waals surface area (Å²) < 4.78 is 22.2. The number of aryl methyl sites for hydroxylation is 1. The van der Waals surface area contributed by atoms with Crippen molar-refractivity contribution in [1.29, 1.82) is 0 Å². The molecule has 0 aliphatic heterocycles. The summed E-state index contributed by atoms with van der Waals surface area (Å²) in [6.45, 7) is 1.45. The van der Waals surface area contributed by atoms with Crippen molar-refractivity contribution in [3.05, 3.63) is 32.8 Å². The molecule has 82 valence electrons. The van der Waals surface area contributed by atoms with Crippen molar-refractivity contribution >= 4 is 37.0 Å². The van der Waals surface area contributed by atoms with Gasteiger partial charge in [-0.25, -0.2) is 8.42 Å². The predicted molar refractivity (Wildman–Crippen MR) is 55.9 cm³/mol. The van der Waals surface area contributed by atoms with E-state index in [1.165, 1.54) is 13.0 Å². The van der Waals surface area contributed by atoms with Crippen LogP contribution in [0.5, 0.6) is 0 Å². The lowest BCUT2D eigenvalue weighted by atomic mass is 10.2. The summed E-state index contributed by atoms with van der Waals surface area (Å²) in [5, 5.41) is 10.0. The Morgan fingerprint density at radius 1 is 1.40 bits per heavy atom. The average molecular weight is 270 g/mol. The van der Waals surface area contributed by atoms with Gasteiger partial charge >= 0.3 is 0 Å². The van der Waals surface area contributed by atoms with E-state index in [2.05, 4.69) is 0 Å². The first-order valence-corrected chi connectivity index (χ1v) is 6.32. The van der Waals surface area contributed by atoms with Crippen LogP contribution in [0.1, 0.15) is 5.56 Å². The van der Waals surface area contributed by atoms with Crippen molar-refractivity contribution in [3.8, 4) is 0 Å². The maximum Gasteiger partial charge on any atom is 0.289 e. The number of nitro benzene ring substituents is 1. The molecule has 0 atom stereocenters. The Labute approximate surface area is 95.2 Å². The van der Waals surface area contributed by atoms with Crippen LogP contribution in [0.15, 0.2) is 17.0 Å². The summed E-state index contributed by atoms with van der Waals surface area (Å²) in [5.41, 5.74) is -0.220. The summed E-state index contributed by atoms with van der Waals surface area (Å²) in [4.78, 5) is 9.31. The number of rotatable bonds is 2. The zero-order valence-corrected chi connectivity index (χ0v) is 9.73. The Bertz CT molecular complexity index is 526. The van der Waals surface area contributed by atoms with Gasteiger partial charge < -0.3 is 0 Å². The molecule has 5 nitrogen and oxygen atoms in total. The molecule has 1 aromatic carbocycles. The predicted octanol–water partition coefficient (Wildman–Crippen LogP) is 2.48. The van der Waals surface area contributed by atoms with Crippen LogP contribution in [0.4, 0.5) is 5.69 Å². The van der Waals surface area contributed by atoms with Gasteiger partial charge in [0, 0.05) is 16.7 Å². The molecule has 0 spiro atoms. The second-order valence-electron chi connectivity index (χ2n) is 2.74. The Morgan fingerprint density at radius 3 is 2.33 bits per heavy atom. The lowest BCUT2D eigenvalue weighted by Gasteiger charge is -2.04. The van der Waals surface area contributed by atoms with E-state index in [1.54, 1.807) is 0 Å². The van der Waals surface area contributed by atoms with Crippen molar-refractivity contribution in [3.63, 3.8) is 0 Å². The molecule has 0 saturated carbocycles. The SMILES string of the molecule is Cc1ccc([N+](=O)[O-])c(Cl)c1S(=O)(=O)Cl. The number of halogens is 2. The van der Waals surface area contributed by atoms with Crippen molar-refractivity contribution in [2.45, 2.75) is 11.8 Å². The van der Waals surface area contributed by atoms with E-state index >= 15 is 0 Å². The van der Waals surface area contributed by atoms with Crippen molar-refractivity contribution in [1.82, 2.24) is 0 Å². The van der Waals surface area contributed by atoms with Crippen LogP contribution in [0.3, 0.4) is 0 Å². The highest BCUT2D eigenvalue weighted by Crippen LogP contribution is 2.35. The minimum atomic E-state index is -4.08. The van der Waals surface area contributed by atoms with Gasteiger partial charge in [0.25, 0.3) is 14.7 Å². The van der Waals surface area contributed by atoms with Gasteiger partial charge in [0.05, 0.1) is 4.92 Å². The van der Waals surface area contributed by atoms with E-state index in [9.17, 15) is 18.5 Å². The summed E-state index contributed by atoms with van der Waals surface area (Å²) in [6, 6.07) is 2.41. The van der Waals surface area contributed by atoms with Gasteiger partial charge in [0.2, 0.25) is 0 Å². The molecule has 0 bridgehead atoms. The van der Waals surface area contributed by atoms with Crippen LogP contribution in [0.2, 0.25) is 5.02 Å². The summed E-state index contributed by atoms with van der Waals surface area (Å²) in [5.74, 6) is 0. The third kappa shape index (κ3) is 2.39. The van der Waals surface area contributed by atoms with Crippen LogP contribution in [-0.4, -0.2) is 13.3 Å². The van der Waals surface area contributed by atoms with E-state index in [4.69, 9.17) is 22.3 Å². The monoisotopic (exact) mass is 269 g/mol. The highest BCUT2D eigenvalue weighted by Gasteiger charge is 2.25. The van der Waals surface area contributed by atoms with Crippen molar-refractivity contribution in [2.24, 2.45) is 0 Å². The Kier molecular flexibility index (Phi) is 3.22. The molecule has 0 aromatic heterocycles. The summed E-state index contributed by atoms with van der Waals surface area (Å²) in [6.07, 6.45) is 0. The van der Waals surface area contributed by atoms with Crippen LogP contribution in [0.25, 0.3) is 0 Å². The number of hydrogen-bond donors (Lipinski definition) is 0. The van der Waals surface area contributed by atoms with Crippen molar-refractivity contribution in [2.75, 3.05) is 0 Å². The molecule has 0 radical (unpaired) electrons. The highest BCUT2D eigenvalue weighted by molar-refractivity contribution is 8.13. The first-order valence-electron chi connectivity index (χ1n) is 3.63. The van der Waals surface area contributed by atoms with Crippen LogP contribution >= 0.6 is 22.3 Å². The van der Waals surface area contributed by atoms with Gasteiger partial charge in [-0.1, -0.05) is 17.7 Å². The second-order valence-corrected chi connectivity index (χ2v) is 5.62. The van der Waals surface area contributed by atoms with Crippen LogP contribution in [0, 0.1) is 17.0 Å². The van der Waals surface area contributed by atoms with Gasteiger partial charge in [-0.2, -0.15) is 0 Å². The Morgan fingerprint density at radius 2 is 1.93 bits per heavy atom. The van der Waals surface area contributed by atoms with Crippen LogP contribution < -0.4 is 0 Å². The molecular weight excluding hydrogens is 265 g/mol. The molecule has 0 N–H and O–H groups in total. The number of nitro groups is 1. The summed E-state index contributed by atoms with van der Waals surface area (Å²) >= 11 is 5.59. The largest absolute Gasteiger partial charge is 0.289 e. The highest BCUT2D eigenvalue weighted by atomic mass is 35.7. The van der Waals surface area contributed by atoms with Crippen molar-refractivity contribution < 1.29 is 13.3 Å². The third-order valence-electron chi connectivity index (χ3n) is 1.71. The number of benzene rings is 1. The van der Waals surface area contributed by atoms with Gasteiger partial charge in [-0.15, -0.1) is 0 Å². The van der Waals surface area contributed by atoms with E-state index in [0.717, 1.165) is 6.07 Å². The zero-order chi connectivity index (χ0) is 11.8. The molecule has 0 amide bonds. The third-order valence-corrected chi connectivity index (χ3v) is 3.69. The van der Waals surface area contributed by atoms with Crippen LogP contribution in [-0.2, 0) is 9.05 Å².